The van der Waals surface area contributed by atoms with Crippen molar-refractivity contribution in [3.8, 4) is 5.75 Å². The molecule has 1 atom stereocenters. The van der Waals surface area contributed by atoms with Gasteiger partial charge >= 0.3 is 0 Å². The third-order valence-corrected chi connectivity index (χ3v) is 5.95. The average molecular weight is 519 g/mol. The Morgan fingerprint density at radius 1 is 1.15 bits per heavy atom. The second-order valence-electron chi connectivity index (χ2n) is 8.06. The fourth-order valence-corrected chi connectivity index (χ4v) is 3.99. The number of aromatic nitrogens is 2. The number of thiol groups is 1. The number of ketones is 1. The highest BCUT2D eigenvalue weighted by Crippen LogP contribution is 2.34. The van der Waals surface area contributed by atoms with E-state index in [9.17, 15) is 9.59 Å². The van der Waals surface area contributed by atoms with Crippen LogP contribution >= 0.6 is 35.8 Å². The second kappa shape index (κ2) is 10.7. The lowest BCUT2D eigenvalue weighted by Gasteiger charge is -2.25. The number of rotatable bonds is 8. The summed E-state index contributed by atoms with van der Waals surface area (Å²) in [6.45, 7) is 3.68. The maximum atomic E-state index is 13.6. The van der Waals surface area contributed by atoms with Gasteiger partial charge in [0.25, 0.3) is 5.91 Å². The van der Waals surface area contributed by atoms with Gasteiger partial charge in [0, 0.05) is 21.8 Å². The largest absolute Gasteiger partial charge is 0.496 e. The molecule has 0 saturated heterocycles. The Morgan fingerprint density at radius 3 is 2.44 bits per heavy atom. The number of halogens is 2. The van der Waals surface area contributed by atoms with Crippen LogP contribution in [0.15, 0.2) is 48.7 Å². The Kier molecular flexibility index (Phi) is 8.20. The van der Waals surface area contributed by atoms with E-state index in [2.05, 4.69) is 27.9 Å². The average Bonchev–Trinajstić information content (AvgIpc) is 2.81. The zero-order chi connectivity index (χ0) is 25.0. The normalized spacial score (nSPS) is 12.2. The van der Waals surface area contributed by atoms with Crippen molar-refractivity contribution in [2.75, 3.05) is 7.11 Å². The molecule has 0 aliphatic carbocycles. The summed E-state index contributed by atoms with van der Waals surface area (Å²) in [6.07, 6.45) is 1.55. The van der Waals surface area contributed by atoms with Crippen molar-refractivity contribution >= 4 is 47.5 Å². The summed E-state index contributed by atoms with van der Waals surface area (Å²) >= 11 is 16.4. The summed E-state index contributed by atoms with van der Waals surface area (Å²) in [4.78, 5) is 34.7. The van der Waals surface area contributed by atoms with Gasteiger partial charge in [0.2, 0.25) is 0 Å². The molecule has 7 nitrogen and oxygen atoms in total. The lowest BCUT2D eigenvalue weighted by molar-refractivity contribution is 0.0905. The lowest BCUT2D eigenvalue weighted by atomic mass is 9.77. The van der Waals surface area contributed by atoms with E-state index < -0.39 is 10.8 Å². The molecule has 0 aliphatic heterocycles. The molecular weight excluding hydrogens is 495 g/mol. The molecule has 0 fully saturated rings. The van der Waals surface area contributed by atoms with Gasteiger partial charge in [-0.25, -0.2) is 9.97 Å². The van der Waals surface area contributed by atoms with Crippen LogP contribution in [0.25, 0.3) is 0 Å². The molecule has 0 radical (unpaired) electrons. The smallest absolute Gasteiger partial charge is 0.251 e. The highest BCUT2D eigenvalue weighted by atomic mass is 35.5. The summed E-state index contributed by atoms with van der Waals surface area (Å²) in [5, 5.41) is 3.02. The first-order valence-corrected chi connectivity index (χ1v) is 11.5. The summed E-state index contributed by atoms with van der Waals surface area (Å²) in [5.41, 5.74) is 6.49. The van der Waals surface area contributed by atoms with Gasteiger partial charge in [0.1, 0.15) is 11.1 Å². The van der Waals surface area contributed by atoms with Crippen molar-refractivity contribution in [2.45, 2.75) is 31.2 Å². The summed E-state index contributed by atoms with van der Waals surface area (Å²) in [5.74, 6) is 0.0814. The Balaban J connectivity index is 1.87. The fraction of sp³-hybridized carbons (Fsp3) is 0.250. The number of benzene rings is 2. The van der Waals surface area contributed by atoms with Crippen LogP contribution in [0.5, 0.6) is 5.75 Å². The predicted molar refractivity (Wildman–Crippen MR) is 136 cm³/mol. The lowest BCUT2D eigenvalue weighted by Crippen LogP contribution is -2.30. The van der Waals surface area contributed by atoms with Crippen LogP contribution in [0, 0.1) is 0 Å². The van der Waals surface area contributed by atoms with Gasteiger partial charge in [-0.3, -0.25) is 9.59 Å². The maximum Gasteiger partial charge on any atom is 0.251 e. The minimum atomic E-state index is -0.986. The van der Waals surface area contributed by atoms with E-state index in [-0.39, 0.29) is 23.8 Å². The summed E-state index contributed by atoms with van der Waals surface area (Å²) < 4.78 is 5.40. The van der Waals surface area contributed by atoms with E-state index in [0.717, 1.165) is 0 Å². The molecule has 178 valence electrons. The van der Waals surface area contributed by atoms with Crippen molar-refractivity contribution in [1.82, 2.24) is 15.3 Å². The van der Waals surface area contributed by atoms with Crippen molar-refractivity contribution in [1.29, 1.82) is 0 Å². The van der Waals surface area contributed by atoms with Crippen LogP contribution < -0.4 is 15.8 Å². The van der Waals surface area contributed by atoms with Crippen LogP contribution in [-0.4, -0.2) is 28.8 Å². The van der Waals surface area contributed by atoms with Crippen LogP contribution in [0.2, 0.25) is 10.0 Å². The van der Waals surface area contributed by atoms with Crippen molar-refractivity contribution in [3.63, 3.8) is 0 Å². The number of amides is 1. The monoisotopic (exact) mass is 518 g/mol. The van der Waals surface area contributed by atoms with Crippen LogP contribution in [0.4, 0.5) is 0 Å². The van der Waals surface area contributed by atoms with E-state index in [1.807, 2.05) is 0 Å². The third kappa shape index (κ3) is 5.88. The molecule has 34 heavy (non-hydrogen) atoms. The topological polar surface area (TPSA) is 107 Å². The Morgan fingerprint density at radius 2 is 1.82 bits per heavy atom. The number of hydrogen-bond donors (Lipinski definition) is 3. The molecule has 10 heteroatoms. The maximum absolute atomic E-state index is 13.6. The number of nitrogens with two attached hydrogens (primary N) is 1. The molecule has 1 unspecified atom stereocenters. The van der Waals surface area contributed by atoms with Gasteiger partial charge in [0.05, 0.1) is 30.3 Å². The number of carbonyl (C=O) groups excluding carboxylic acids is 2. The zero-order valence-electron chi connectivity index (χ0n) is 18.8. The van der Waals surface area contributed by atoms with E-state index in [1.165, 1.54) is 13.2 Å². The van der Waals surface area contributed by atoms with Crippen LogP contribution in [-0.2, 0) is 12.0 Å². The van der Waals surface area contributed by atoms with E-state index in [0.29, 0.717) is 38.4 Å². The van der Waals surface area contributed by atoms with Crippen molar-refractivity contribution < 1.29 is 14.3 Å². The molecular formula is C24H24Cl2N4O3S. The van der Waals surface area contributed by atoms with Gasteiger partial charge in [0.15, 0.2) is 11.6 Å². The molecule has 3 rings (SSSR count). The SMILES string of the molecule is COc1ccc(C(=O)NCc2ccnc(C(N)S)n2)cc1C(=O)C(C)(C)c1cc(Cl)cc(Cl)c1. The Labute approximate surface area is 213 Å². The number of Topliss-reactive ketones (excluding diaryl/α,β-unsaturated/α-hetero) is 1. The molecule has 1 amide bonds. The summed E-state index contributed by atoms with van der Waals surface area (Å²) in [7, 11) is 1.47. The van der Waals surface area contributed by atoms with Crippen LogP contribution in [0.1, 0.15) is 57.0 Å². The number of ether oxygens (including phenoxy) is 1. The van der Waals surface area contributed by atoms with Crippen molar-refractivity contribution in [3.05, 3.63) is 86.9 Å². The number of nitrogens with zero attached hydrogens (tertiary/aromatic N) is 2. The van der Waals surface area contributed by atoms with Gasteiger partial charge in [-0.1, -0.05) is 23.2 Å². The highest BCUT2D eigenvalue weighted by molar-refractivity contribution is 7.80. The minimum Gasteiger partial charge on any atom is -0.496 e. The third-order valence-electron chi connectivity index (χ3n) is 5.28. The first kappa shape index (κ1) is 26.0. The van der Waals surface area contributed by atoms with Gasteiger partial charge in [-0.15, -0.1) is 0 Å². The van der Waals surface area contributed by atoms with E-state index in [1.54, 1.807) is 56.4 Å². The number of methoxy groups -OCH3 is 1. The van der Waals surface area contributed by atoms with Gasteiger partial charge < -0.3 is 15.8 Å². The van der Waals surface area contributed by atoms with Gasteiger partial charge in [-0.05, 0) is 61.9 Å². The van der Waals surface area contributed by atoms with Crippen LogP contribution in [0.3, 0.4) is 0 Å². The molecule has 3 aromatic rings. The number of hydrogen-bond acceptors (Lipinski definition) is 7. The van der Waals surface area contributed by atoms with Crippen molar-refractivity contribution in [2.24, 2.45) is 5.73 Å². The standard InChI is InChI=1S/C24H24Cl2N4O3S/c1-24(2,14-9-15(25)11-16(26)10-14)20(31)18-8-13(4-5-19(18)33-3)23(32)29-12-17-6-7-28-22(30-17)21(27)34/h4-11,21,34H,12,27H2,1-3H3,(H,29,32). The predicted octanol–water partition coefficient (Wildman–Crippen LogP) is 4.77. The zero-order valence-corrected chi connectivity index (χ0v) is 21.2. The van der Waals surface area contributed by atoms with E-state index in [4.69, 9.17) is 33.7 Å². The van der Waals surface area contributed by atoms with Gasteiger partial charge in [-0.2, -0.15) is 12.6 Å². The number of carbonyl (C=O) groups is 2. The second-order valence-corrected chi connectivity index (χ2v) is 9.49. The Bertz CT molecular complexity index is 1210. The Hall–Kier alpha value is -2.65. The molecule has 0 bridgehead atoms. The summed E-state index contributed by atoms with van der Waals surface area (Å²) in [6, 6.07) is 11.3. The number of nitrogens with one attached hydrogen (secondary N) is 1. The van der Waals surface area contributed by atoms with E-state index >= 15 is 0 Å². The molecule has 1 aromatic heterocycles. The first-order valence-electron chi connectivity index (χ1n) is 10.3. The molecule has 0 aliphatic rings. The molecule has 0 saturated carbocycles. The fourth-order valence-electron chi connectivity index (χ4n) is 3.34. The first-order chi connectivity index (χ1) is 16.0. The molecule has 3 N–H and O–H groups in total. The molecule has 1 heterocycles. The highest BCUT2D eigenvalue weighted by Gasteiger charge is 2.33. The minimum absolute atomic E-state index is 0.149. The quantitative estimate of drug-likeness (QED) is 0.225. The molecule has 2 aromatic carbocycles. The molecule has 0 spiro atoms.